The highest BCUT2D eigenvalue weighted by Crippen LogP contribution is 2.00. The Morgan fingerprint density at radius 3 is 2.70 bits per heavy atom. The maximum Gasteiger partial charge on any atom is 0.0610 e. The van der Waals surface area contributed by atoms with E-state index in [0.717, 1.165) is 12.0 Å². The molecular weight excluding hydrogens is 130 g/mol. The van der Waals surface area contributed by atoms with E-state index < -0.39 is 0 Å². The molecule has 0 heterocycles. The first kappa shape index (κ1) is 9.62. The van der Waals surface area contributed by atoms with Crippen molar-refractivity contribution in [1.29, 1.82) is 0 Å². The molecular formula is C7H15NO2. The third kappa shape index (κ3) is 4.49. The van der Waals surface area contributed by atoms with Crippen LogP contribution in [-0.2, 0) is 4.84 Å². The van der Waals surface area contributed by atoms with E-state index in [1.54, 1.807) is 0 Å². The first-order chi connectivity index (χ1) is 4.70. The third-order valence-electron chi connectivity index (χ3n) is 1.10. The fourth-order valence-corrected chi connectivity index (χ4v) is 0.731. The van der Waals surface area contributed by atoms with Gasteiger partial charge in [0.1, 0.15) is 0 Å². The van der Waals surface area contributed by atoms with E-state index in [4.69, 9.17) is 5.11 Å². The van der Waals surface area contributed by atoms with E-state index in [1.165, 1.54) is 7.11 Å². The zero-order valence-corrected chi connectivity index (χ0v) is 6.55. The summed E-state index contributed by atoms with van der Waals surface area (Å²) >= 11 is 0. The highest BCUT2D eigenvalue weighted by molar-refractivity contribution is 4.91. The van der Waals surface area contributed by atoms with Gasteiger partial charge in [-0.05, 0) is 13.3 Å². The van der Waals surface area contributed by atoms with E-state index in [-0.39, 0.29) is 12.6 Å². The Balaban J connectivity index is 3.49. The molecule has 0 bridgehead atoms. The van der Waals surface area contributed by atoms with Crippen LogP contribution in [0, 0.1) is 0 Å². The van der Waals surface area contributed by atoms with E-state index in [1.807, 2.05) is 6.92 Å². The average Bonchev–Trinajstić information content (AvgIpc) is 1.86. The molecule has 3 heteroatoms. The quantitative estimate of drug-likeness (QED) is 0.436. The molecule has 0 aliphatic heterocycles. The standard InChI is InChI=1S/C7H15NO2/c1-6(2)4-7(5-9)8-10-3/h7-9H,1,4-5H2,2-3H3/t7-/m1/s1. The molecule has 0 rings (SSSR count). The van der Waals surface area contributed by atoms with E-state index in [2.05, 4.69) is 16.9 Å². The summed E-state index contributed by atoms with van der Waals surface area (Å²) in [6.45, 7) is 5.71. The van der Waals surface area contributed by atoms with Crippen molar-refractivity contribution in [3.63, 3.8) is 0 Å². The van der Waals surface area contributed by atoms with Crippen molar-refractivity contribution in [3.05, 3.63) is 12.2 Å². The SMILES string of the molecule is C=C(C)C[C@H](CO)NOC. The Labute approximate surface area is 61.7 Å². The van der Waals surface area contributed by atoms with Gasteiger partial charge in [0, 0.05) is 0 Å². The van der Waals surface area contributed by atoms with Gasteiger partial charge in [-0.2, -0.15) is 5.48 Å². The second-order valence-corrected chi connectivity index (χ2v) is 2.36. The molecule has 0 unspecified atom stereocenters. The van der Waals surface area contributed by atoms with Gasteiger partial charge in [0.15, 0.2) is 0 Å². The number of aliphatic hydroxyl groups is 1. The highest BCUT2D eigenvalue weighted by atomic mass is 16.6. The average molecular weight is 145 g/mol. The van der Waals surface area contributed by atoms with Gasteiger partial charge in [-0.1, -0.05) is 5.57 Å². The fraction of sp³-hybridized carbons (Fsp3) is 0.714. The lowest BCUT2D eigenvalue weighted by Gasteiger charge is -2.13. The van der Waals surface area contributed by atoms with Crippen molar-refractivity contribution < 1.29 is 9.94 Å². The molecule has 0 saturated heterocycles. The lowest BCUT2D eigenvalue weighted by Crippen LogP contribution is -2.31. The molecule has 10 heavy (non-hydrogen) atoms. The second-order valence-electron chi connectivity index (χ2n) is 2.36. The summed E-state index contributed by atoms with van der Waals surface area (Å²) in [4.78, 5) is 4.64. The molecule has 60 valence electrons. The fourth-order valence-electron chi connectivity index (χ4n) is 0.731. The van der Waals surface area contributed by atoms with Crippen LogP contribution in [0.25, 0.3) is 0 Å². The van der Waals surface area contributed by atoms with Gasteiger partial charge < -0.3 is 9.94 Å². The van der Waals surface area contributed by atoms with Crippen LogP contribution in [0.4, 0.5) is 0 Å². The highest BCUT2D eigenvalue weighted by Gasteiger charge is 2.04. The van der Waals surface area contributed by atoms with Crippen LogP contribution in [-0.4, -0.2) is 24.9 Å². The van der Waals surface area contributed by atoms with Crippen LogP contribution in [0.15, 0.2) is 12.2 Å². The van der Waals surface area contributed by atoms with Gasteiger partial charge in [-0.3, -0.25) is 0 Å². The minimum atomic E-state index is -0.0255. The zero-order chi connectivity index (χ0) is 7.98. The van der Waals surface area contributed by atoms with Gasteiger partial charge in [0.05, 0.1) is 19.8 Å². The topological polar surface area (TPSA) is 41.5 Å². The molecule has 0 spiro atoms. The van der Waals surface area contributed by atoms with E-state index in [0.29, 0.717) is 0 Å². The number of hydrogen-bond acceptors (Lipinski definition) is 3. The van der Waals surface area contributed by atoms with Gasteiger partial charge in [0.2, 0.25) is 0 Å². The van der Waals surface area contributed by atoms with Crippen LogP contribution in [0.1, 0.15) is 13.3 Å². The molecule has 0 fully saturated rings. The summed E-state index contributed by atoms with van der Waals surface area (Å²) in [6.07, 6.45) is 0.740. The Kier molecular flexibility index (Phi) is 5.20. The minimum absolute atomic E-state index is 0.0255. The molecule has 3 nitrogen and oxygen atoms in total. The van der Waals surface area contributed by atoms with Crippen LogP contribution in [0.2, 0.25) is 0 Å². The summed E-state index contributed by atoms with van der Waals surface area (Å²) in [5.41, 5.74) is 3.68. The first-order valence-electron chi connectivity index (χ1n) is 3.24. The predicted molar refractivity (Wildman–Crippen MR) is 40.4 cm³/mol. The number of nitrogens with one attached hydrogen (secondary N) is 1. The van der Waals surface area contributed by atoms with E-state index in [9.17, 15) is 0 Å². The van der Waals surface area contributed by atoms with Gasteiger partial charge in [-0.25, -0.2) is 0 Å². The number of hydroxylamine groups is 1. The monoisotopic (exact) mass is 145 g/mol. The summed E-state index contributed by atoms with van der Waals surface area (Å²) in [5.74, 6) is 0. The number of rotatable bonds is 5. The van der Waals surface area contributed by atoms with Crippen LogP contribution >= 0.6 is 0 Å². The third-order valence-corrected chi connectivity index (χ3v) is 1.10. The molecule has 0 saturated carbocycles. The largest absolute Gasteiger partial charge is 0.395 e. The van der Waals surface area contributed by atoms with Crippen molar-refractivity contribution in [2.45, 2.75) is 19.4 Å². The van der Waals surface area contributed by atoms with Gasteiger partial charge >= 0.3 is 0 Å². The molecule has 0 aliphatic carbocycles. The van der Waals surface area contributed by atoms with Gasteiger partial charge in [0.25, 0.3) is 0 Å². The van der Waals surface area contributed by atoms with Crippen molar-refractivity contribution in [3.8, 4) is 0 Å². The van der Waals surface area contributed by atoms with Gasteiger partial charge in [-0.15, -0.1) is 6.58 Å². The summed E-state index contributed by atoms with van der Waals surface area (Å²) in [7, 11) is 1.53. The lowest BCUT2D eigenvalue weighted by atomic mass is 10.1. The Morgan fingerprint density at radius 1 is 1.80 bits per heavy atom. The lowest BCUT2D eigenvalue weighted by molar-refractivity contribution is 0.0403. The number of hydrogen-bond donors (Lipinski definition) is 2. The molecule has 0 aliphatic rings. The maximum atomic E-state index is 8.72. The molecule has 0 radical (unpaired) electrons. The molecule has 2 N–H and O–H groups in total. The van der Waals surface area contributed by atoms with Crippen LogP contribution in [0.5, 0.6) is 0 Å². The Bertz CT molecular complexity index is 104. The van der Waals surface area contributed by atoms with Crippen molar-refractivity contribution in [1.82, 2.24) is 5.48 Å². The summed E-state index contributed by atoms with van der Waals surface area (Å²) < 4.78 is 0. The molecule has 1 atom stereocenters. The van der Waals surface area contributed by atoms with Crippen molar-refractivity contribution >= 4 is 0 Å². The number of aliphatic hydroxyl groups excluding tert-OH is 1. The summed E-state index contributed by atoms with van der Waals surface area (Å²) in [6, 6.07) is -0.0255. The second kappa shape index (κ2) is 5.41. The van der Waals surface area contributed by atoms with Crippen molar-refractivity contribution in [2.24, 2.45) is 0 Å². The van der Waals surface area contributed by atoms with Crippen molar-refractivity contribution in [2.75, 3.05) is 13.7 Å². The Morgan fingerprint density at radius 2 is 2.40 bits per heavy atom. The summed E-state index contributed by atoms with van der Waals surface area (Å²) in [5, 5.41) is 8.72. The zero-order valence-electron chi connectivity index (χ0n) is 6.55. The van der Waals surface area contributed by atoms with E-state index >= 15 is 0 Å². The normalized spacial score (nSPS) is 13.1. The molecule has 0 amide bonds. The maximum absolute atomic E-state index is 8.72. The molecule has 0 aromatic rings. The van der Waals surface area contributed by atoms with Crippen LogP contribution < -0.4 is 5.48 Å². The molecule has 0 aromatic carbocycles. The smallest absolute Gasteiger partial charge is 0.0610 e. The molecule has 0 aromatic heterocycles. The predicted octanol–water partition coefficient (Wildman–Crippen LogP) is 0.465. The van der Waals surface area contributed by atoms with Crippen LogP contribution in [0.3, 0.4) is 0 Å². The first-order valence-corrected chi connectivity index (χ1v) is 3.24. The minimum Gasteiger partial charge on any atom is -0.395 e. The Hall–Kier alpha value is -0.380.